The third-order valence-corrected chi connectivity index (χ3v) is 6.66. The van der Waals surface area contributed by atoms with E-state index in [-0.39, 0.29) is 30.2 Å². The van der Waals surface area contributed by atoms with Crippen molar-refractivity contribution in [2.24, 2.45) is 0 Å². The molecule has 0 aliphatic heterocycles. The Bertz CT molecular complexity index is 1250. The van der Waals surface area contributed by atoms with Gasteiger partial charge in [0.15, 0.2) is 5.78 Å². The van der Waals surface area contributed by atoms with Crippen molar-refractivity contribution in [3.8, 4) is 11.1 Å². The lowest BCUT2D eigenvalue weighted by atomic mass is 9.93. The standard InChI is InChI=1S/C29H30F2N2O3/c1-18(34)25-8-3-4-9-26(25)21-6-5-7-22(15-21)29(10-11-29)32-17-28(36)27(33-19(2)35)14-20-12-23(30)16-24(31)13-20/h3-9,12-13,15-16,27-28,32,36H,10-11,14,17H2,1-2H3,(H,33,35)/t27-,28-/m0/s1. The van der Waals surface area contributed by atoms with Crippen molar-refractivity contribution in [1.82, 2.24) is 10.6 Å². The van der Waals surface area contributed by atoms with Gasteiger partial charge in [0.1, 0.15) is 11.6 Å². The Morgan fingerprint density at radius 1 is 0.972 bits per heavy atom. The molecule has 188 valence electrons. The summed E-state index contributed by atoms with van der Waals surface area (Å²) in [5, 5.41) is 17.1. The van der Waals surface area contributed by atoms with Crippen LogP contribution in [0.2, 0.25) is 0 Å². The van der Waals surface area contributed by atoms with E-state index < -0.39 is 23.8 Å². The average molecular weight is 493 g/mol. The second kappa shape index (κ2) is 10.7. The number of nitrogens with one attached hydrogen (secondary N) is 2. The van der Waals surface area contributed by atoms with Crippen molar-refractivity contribution >= 4 is 11.7 Å². The maximum absolute atomic E-state index is 13.6. The number of hydrogen-bond donors (Lipinski definition) is 3. The number of ketones is 1. The van der Waals surface area contributed by atoms with E-state index in [0.29, 0.717) is 11.1 Å². The van der Waals surface area contributed by atoms with Crippen LogP contribution in [-0.4, -0.2) is 35.5 Å². The summed E-state index contributed by atoms with van der Waals surface area (Å²) in [4.78, 5) is 23.9. The molecule has 0 spiro atoms. The molecule has 5 nitrogen and oxygen atoms in total. The van der Waals surface area contributed by atoms with Gasteiger partial charge in [-0.3, -0.25) is 9.59 Å². The van der Waals surface area contributed by atoms with Gasteiger partial charge in [-0.15, -0.1) is 0 Å². The third-order valence-electron chi connectivity index (χ3n) is 6.66. The number of Topliss-reactive ketones (excluding diaryl/α,β-unsaturated/α-hetero) is 1. The van der Waals surface area contributed by atoms with Crippen molar-refractivity contribution in [2.45, 2.75) is 50.8 Å². The highest BCUT2D eigenvalue weighted by atomic mass is 19.1. The number of halogens is 2. The van der Waals surface area contributed by atoms with Gasteiger partial charge in [0.25, 0.3) is 0 Å². The molecule has 1 aliphatic rings. The fourth-order valence-electron chi connectivity index (χ4n) is 4.69. The summed E-state index contributed by atoms with van der Waals surface area (Å²) in [5.74, 6) is -1.75. The molecule has 3 N–H and O–H groups in total. The SMILES string of the molecule is CC(=O)N[C@@H](Cc1cc(F)cc(F)c1)[C@@H](O)CNC1(c2cccc(-c3ccccc3C(C)=O)c2)CC1. The Balaban J connectivity index is 1.50. The van der Waals surface area contributed by atoms with E-state index in [2.05, 4.69) is 16.7 Å². The van der Waals surface area contributed by atoms with Crippen molar-refractivity contribution < 1.29 is 23.5 Å². The summed E-state index contributed by atoms with van der Waals surface area (Å²) < 4.78 is 27.3. The summed E-state index contributed by atoms with van der Waals surface area (Å²) >= 11 is 0. The van der Waals surface area contributed by atoms with Gasteiger partial charge in [0.2, 0.25) is 5.91 Å². The number of aliphatic hydroxyl groups is 1. The number of amides is 1. The highest BCUT2D eigenvalue weighted by Crippen LogP contribution is 2.46. The molecule has 1 fully saturated rings. The highest BCUT2D eigenvalue weighted by Gasteiger charge is 2.44. The fraction of sp³-hybridized carbons (Fsp3) is 0.310. The first kappa shape index (κ1) is 25.7. The highest BCUT2D eigenvalue weighted by molar-refractivity contribution is 6.00. The van der Waals surface area contributed by atoms with E-state index in [1.165, 1.54) is 19.1 Å². The van der Waals surface area contributed by atoms with Crippen molar-refractivity contribution in [1.29, 1.82) is 0 Å². The van der Waals surface area contributed by atoms with Gasteiger partial charge in [0, 0.05) is 30.6 Å². The van der Waals surface area contributed by atoms with E-state index in [0.717, 1.165) is 35.6 Å². The van der Waals surface area contributed by atoms with Gasteiger partial charge < -0.3 is 15.7 Å². The molecule has 0 aromatic heterocycles. The first-order valence-electron chi connectivity index (χ1n) is 12.0. The summed E-state index contributed by atoms with van der Waals surface area (Å²) in [6.45, 7) is 3.07. The second-order valence-electron chi connectivity index (χ2n) is 9.50. The van der Waals surface area contributed by atoms with Crippen LogP contribution in [0.4, 0.5) is 8.78 Å². The van der Waals surface area contributed by atoms with Gasteiger partial charge >= 0.3 is 0 Å². The lowest BCUT2D eigenvalue weighted by molar-refractivity contribution is -0.120. The van der Waals surface area contributed by atoms with E-state index >= 15 is 0 Å². The number of hydrogen-bond acceptors (Lipinski definition) is 4. The molecule has 3 aromatic rings. The molecule has 1 saturated carbocycles. The molecule has 7 heteroatoms. The Hall–Kier alpha value is -3.42. The van der Waals surface area contributed by atoms with Crippen LogP contribution in [0.25, 0.3) is 11.1 Å². The van der Waals surface area contributed by atoms with Crippen LogP contribution < -0.4 is 10.6 Å². The predicted molar refractivity (Wildman–Crippen MR) is 134 cm³/mol. The Morgan fingerprint density at radius 3 is 2.31 bits per heavy atom. The summed E-state index contributed by atoms with van der Waals surface area (Å²) in [6, 6.07) is 18.0. The van der Waals surface area contributed by atoms with Gasteiger partial charge in [-0.25, -0.2) is 8.78 Å². The molecule has 4 rings (SSSR count). The zero-order valence-corrected chi connectivity index (χ0v) is 20.4. The monoisotopic (exact) mass is 492 g/mol. The largest absolute Gasteiger partial charge is 0.390 e. The van der Waals surface area contributed by atoms with E-state index in [1.54, 1.807) is 6.92 Å². The molecule has 1 amide bonds. The van der Waals surface area contributed by atoms with Crippen LogP contribution in [0.3, 0.4) is 0 Å². The summed E-state index contributed by atoms with van der Waals surface area (Å²) in [5.41, 5.74) is 3.55. The number of benzene rings is 3. The lowest BCUT2D eigenvalue weighted by Crippen LogP contribution is -2.49. The Labute approximate surface area is 209 Å². The molecule has 0 saturated heterocycles. The molecule has 0 radical (unpaired) electrons. The summed E-state index contributed by atoms with van der Waals surface area (Å²) in [6.07, 6.45) is 0.843. The van der Waals surface area contributed by atoms with Gasteiger partial charge in [-0.05, 0) is 66.6 Å². The molecular weight excluding hydrogens is 462 g/mol. The molecule has 3 aromatic carbocycles. The maximum atomic E-state index is 13.6. The minimum Gasteiger partial charge on any atom is -0.390 e. The first-order valence-corrected chi connectivity index (χ1v) is 12.0. The van der Waals surface area contributed by atoms with Crippen molar-refractivity contribution in [3.05, 3.63) is 95.1 Å². The number of carbonyl (C=O) groups is 2. The van der Waals surface area contributed by atoms with Gasteiger partial charge in [0.05, 0.1) is 12.1 Å². The smallest absolute Gasteiger partial charge is 0.217 e. The Kier molecular flexibility index (Phi) is 7.62. The van der Waals surface area contributed by atoms with Crippen LogP contribution in [0.1, 0.15) is 48.2 Å². The molecule has 0 bridgehead atoms. The van der Waals surface area contributed by atoms with Crippen molar-refractivity contribution in [3.63, 3.8) is 0 Å². The predicted octanol–water partition coefficient (Wildman–Crippen LogP) is 4.52. The quantitative estimate of drug-likeness (QED) is 0.364. The molecule has 2 atom stereocenters. The van der Waals surface area contributed by atoms with Crippen LogP contribution >= 0.6 is 0 Å². The number of carbonyl (C=O) groups excluding carboxylic acids is 2. The molecule has 0 heterocycles. The van der Waals surface area contributed by atoms with E-state index in [9.17, 15) is 23.5 Å². The topological polar surface area (TPSA) is 78.4 Å². The molecule has 1 aliphatic carbocycles. The molecule has 36 heavy (non-hydrogen) atoms. The van der Waals surface area contributed by atoms with Crippen molar-refractivity contribution in [2.75, 3.05) is 6.54 Å². The van der Waals surface area contributed by atoms with E-state index in [4.69, 9.17) is 0 Å². The maximum Gasteiger partial charge on any atom is 0.217 e. The zero-order chi connectivity index (χ0) is 25.9. The van der Waals surface area contributed by atoms with Crippen LogP contribution in [0.5, 0.6) is 0 Å². The van der Waals surface area contributed by atoms with Gasteiger partial charge in [-0.1, -0.05) is 42.5 Å². The lowest BCUT2D eigenvalue weighted by Gasteiger charge is -2.27. The number of aliphatic hydroxyl groups excluding tert-OH is 1. The first-order chi connectivity index (χ1) is 17.2. The summed E-state index contributed by atoms with van der Waals surface area (Å²) in [7, 11) is 0. The second-order valence-corrected chi connectivity index (χ2v) is 9.50. The van der Waals surface area contributed by atoms with Crippen LogP contribution in [0.15, 0.2) is 66.7 Å². The minimum atomic E-state index is -0.987. The normalized spacial score (nSPS) is 15.7. The minimum absolute atomic E-state index is 0.000535. The fourth-order valence-corrected chi connectivity index (χ4v) is 4.69. The van der Waals surface area contributed by atoms with Crippen LogP contribution in [0, 0.1) is 11.6 Å². The van der Waals surface area contributed by atoms with Crippen LogP contribution in [-0.2, 0) is 16.8 Å². The third kappa shape index (κ3) is 6.04. The average Bonchev–Trinajstić information content (AvgIpc) is 3.62. The Morgan fingerprint density at radius 2 is 1.67 bits per heavy atom. The number of rotatable bonds is 10. The molecular formula is C29H30F2N2O3. The zero-order valence-electron chi connectivity index (χ0n) is 20.4. The van der Waals surface area contributed by atoms with Gasteiger partial charge in [-0.2, -0.15) is 0 Å². The van der Waals surface area contributed by atoms with E-state index in [1.807, 2.05) is 42.5 Å². The molecule has 0 unspecified atom stereocenters.